The molecule has 0 saturated heterocycles. The fourth-order valence-corrected chi connectivity index (χ4v) is 2.88. The molecule has 0 N–H and O–H groups in total. The van der Waals surface area contributed by atoms with E-state index in [1.807, 2.05) is 20.8 Å². The van der Waals surface area contributed by atoms with Crippen LogP contribution in [0.3, 0.4) is 0 Å². The second-order valence-corrected chi connectivity index (χ2v) is 6.85. The van der Waals surface area contributed by atoms with Gasteiger partial charge in [0.2, 0.25) is 5.90 Å². The van der Waals surface area contributed by atoms with Crippen molar-refractivity contribution < 1.29 is 23.4 Å². The van der Waals surface area contributed by atoms with Crippen LogP contribution in [0, 0.1) is 5.82 Å². The third kappa shape index (κ3) is 4.95. The van der Waals surface area contributed by atoms with Crippen LogP contribution in [-0.4, -0.2) is 24.6 Å². The Balaban J connectivity index is 1.94. The summed E-state index contributed by atoms with van der Waals surface area (Å²) in [7, 11) is 0. The first kappa shape index (κ1) is 20.9. The van der Waals surface area contributed by atoms with Crippen LogP contribution in [-0.2, 0) is 9.53 Å². The van der Waals surface area contributed by atoms with Crippen molar-refractivity contribution in [3.8, 4) is 11.5 Å². The number of rotatable bonds is 7. The summed E-state index contributed by atoms with van der Waals surface area (Å²) in [5.74, 6) is 0.0930. The lowest BCUT2D eigenvalue weighted by Gasteiger charge is -2.18. The summed E-state index contributed by atoms with van der Waals surface area (Å²) < 4.78 is 29.8. The highest BCUT2D eigenvalue weighted by Crippen LogP contribution is 2.38. The lowest BCUT2D eigenvalue weighted by molar-refractivity contribution is -0.129. The van der Waals surface area contributed by atoms with Crippen LogP contribution in [0.15, 0.2) is 47.1 Å². The van der Waals surface area contributed by atoms with E-state index in [-0.39, 0.29) is 23.5 Å². The largest absolute Gasteiger partial charge is 0.490 e. The van der Waals surface area contributed by atoms with Crippen LogP contribution in [0.4, 0.5) is 4.39 Å². The van der Waals surface area contributed by atoms with Gasteiger partial charge in [0.1, 0.15) is 5.82 Å². The Labute approximate surface area is 173 Å². The van der Waals surface area contributed by atoms with Crippen molar-refractivity contribution in [1.29, 1.82) is 0 Å². The Morgan fingerprint density at radius 3 is 2.62 bits per heavy atom. The molecule has 0 amide bonds. The lowest BCUT2D eigenvalue weighted by atomic mass is 10.1. The van der Waals surface area contributed by atoms with E-state index in [0.717, 1.165) is 6.42 Å². The average Bonchev–Trinajstić information content (AvgIpc) is 3.05. The molecule has 0 aromatic heterocycles. The molecular weight excluding hydrogens is 397 g/mol. The highest BCUT2D eigenvalue weighted by Gasteiger charge is 2.24. The summed E-state index contributed by atoms with van der Waals surface area (Å²) in [6, 6.07) is 8.95. The number of benzene rings is 2. The first-order chi connectivity index (χ1) is 13.9. The van der Waals surface area contributed by atoms with E-state index in [1.54, 1.807) is 18.2 Å². The van der Waals surface area contributed by atoms with Crippen LogP contribution < -0.4 is 9.47 Å². The standard InChI is InChI=1S/C22H21ClFNO4/c1-4-13(3)28-20-17(23)10-14(12-19(20)27-5-2)11-18-22(26)29-21(25-18)15-6-8-16(24)9-7-15/h6-13H,4-5H2,1-3H3/b18-11-. The number of ether oxygens (including phenoxy) is 3. The van der Waals surface area contributed by atoms with E-state index >= 15 is 0 Å². The number of carbonyl (C=O) groups excluding carboxylic acids is 1. The fourth-order valence-electron chi connectivity index (χ4n) is 2.62. The van der Waals surface area contributed by atoms with Gasteiger partial charge in [0.05, 0.1) is 17.7 Å². The van der Waals surface area contributed by atoms with Gasteiger partial charge in [-0.15, -0.1) is 0 Å². The Morgan fingerprint density at radius 1 is 1.24 bits per heavy atom. The van der Waals surface area contributed by atoms with Crippen LogP contribution in [0.25, 0.3) is 6.08 Å². The second kappa shape index (κ2) is 9.09. The van der Waals surface area contributed by atoms with E-state index in [9.17, 15) is 9.18 Å². The average molecular weight is 418 g/mol. The third-order valence-electron chi connectivity index (χ3n) is 4.24. The van der Waals surface area contributed by atoms with Crippen molar-refractivity contribution in [1.82, 2.24) is 0 Å². The predicted molar refractivity (Wildman–Crippen MR) is 110 cm³/mol. The molecule has 0 spiro atoms. The number of hydrogen-bond donors (Lipinski definition) is 0. The quantitative estimate of drug-likeness (QED) is 0.447. The maximum atomic E-state index is 13.1. The van der Waals surface area contributed by atoms with Crippen LogP contribution in [0.2, 0.25) is 5.02 Å². The van der Waals surface area contributed by atoms with Crippen molar-refractivity contribution in [2.75, 3.05) is 6.61 Å². The lowest BCUT2D eigenvalue weighted by Crippen LogP contribution is -2.11. The highest BCUT2D eigenvalue weighted by atomic mass is 35.5. The normalized spacial score (nSPS) is 15.8. The summed E-state index contributed by atoms with van der Waals surface area (Å²) in [6.07, 6.45) is 2.35. The van der Waals surface area contributed by atoms with Gasteiger partial charge < -0.3 is 14.2 Å². The summed E-state index contributed by atoms with van der Waals surface area (Å²) >= 11 is 6.41. The van der Waals surface area contributed by atoms with Crippen molar-refractivity contribution in [3.63, 3.8) is 0 Å². The van der Waals surface area contributed by atoms with E-state index in [1.165, 1.54) is 24.3 Å². The summed E-state index contributed by atoms with van der Waals surface area (Å²) in [5, 5.41) is 0.372. The zero-order valence-electron chi connectivity index (χ0n) is 16.4. The number of hydrogen-bond acceptors (Lipinski definition) is 5. The predicted octanol–water partition coefficient (Wildman–Crippen LogP) is 5.40. The van der Waals surface area contributed by atoms with Crippen LogP contribution >= 0.6 is 11.6 Å². The molecule has 3 rings (SSSR count). The van der Waals surface area contributed by atoms with Gasteiger partial charge in [-0.05, 0) is 68.3 Å². The molecule has 1 aliphatic heterocycles. The number of esters is 1. The van der Waals surface area contributed by atoms with E-state index < -0.39 is 5.97 Å². The molecule has 1 atom stereocenters. The molecule has 1 heterocycles. The zero-order valence-corrected chi connectivity index (χ0v) is 17.1. The molecule has 0 fully saturated rings. The van der Waals surface area contributed by atoms with Crippen molar-refractivity contribution in [2.24, 2.45) is 4.99 Å². The monoisotopic (exact) mass is 417 g/mol. The van der Waals surface area contributed by atoms with Gasteiger partial charge >= 0.3 is 5.97 Å². The minimum absolute atomic E-state index is 0.0245. The van der Waals surface area contributed by atoms with Gasteiger partial charge in [-0.3, -0.25) is 0 Å². The van der Waals surface area contributed by atoms with Gasteiger partial charge in [-0.2, -0.15) is 0 Å². The van der Waals surface area contributed by atoms with Crippen molar-refractivity contribution >= 4 is 29.5 Å². The number of aliphatic imine (C=N–C) groups is 1. The molecule has 0 aliphatic carbocycles. The summed E-state index contributed by atoms with van der Waals surface area (Å²) in [4.78, 5) is 16.4. The third-order valence-corrected chi connectivity index (χ3v) is 4.52. The number of carbonyl (C=O) groups is 1. The van der Waals surface area contributed by atoms with Gasteiger partial charge in [0.25, 0.3) is 0 Å². The Morgan fingerprint density at radius 2 is 1.97 bits per heavy atom. The molecule has 2 aromatic carbocycles. The number of halogens is 2. The number of nitrogens with zero attached hydrogens (tertiary/aromatic N) is 1. The highest BCUT2D eigenvalue weighted by molar-refractivity contribution is 6.32. The van der Waals surface area contributed by atoms with Crippen LogP contribution in [0.5, 0.6) is 11.5 Å². The molecule has 5 nitrogen and oxygen atoms in total. The molecular formula is C22H21ClFNO4. The van der Waals surface area contributed by atoms with E-state index in [2.05, 4.69) is 4.99 Å². The molecule has 152 valence electrons. The van der Waals surface area contributed by atoms with Gasteiger partial charge in [0, 0.05) is 5.56 Å². The van der Waals surface area contributed by atoms with Gasteiger partial charge in [0.15, 0.2) is 17.2 Å². The van der Waals surface area contributed by atoms with E-state index in [0.29, 0.717) is 34.3 Å². The maximum Gasteiger partial charge on any atom is 0.363 e. The van der Waals surface area contributed by atoms with Gasteiger partial charge in [-0.25, -0.2) is 14.2 Å². The first-order valence-corrected chi connectivity index (χ1v) is 9.70. The summed E-state index contributed by atoms with van der Waals surface area (Å²) in [6.45, 7) is 6.25. The Bertz CT molecular complexity index is 970. The molecule has 29 heavy (non-hydrogen) atoms. The first-order valence-electron chi connectivity index (χ1n) is 9.32. The fraction of sp³-hybridized carbons (Fsp3) is 0.273. The zero-order chi connectivity index (χ0) is 21.0. The summed E-state index contributed by atoms with van der Waals surface area (Å²) in [5.41, 5.74) is 1.23. The topological polar surface area (TPSA) is 57.1 Å². The Kier molecular flexibility index (Phi) is 6.54. The molecule has 0 bridgehead atoms. The minimum atomic E-state index is -0.599. The van der Waals surface area contributed by atoms with E-state index in [4.69, 9.17) is 25.8 Å². The van der Waals surface area contributed by atoms with Crippen LogP contribution in [0.1, 0.15) is 38.3 Å². The van der Waals surface area contributed by atoms with Gasteiger partial charge in [-0.1, -0.05) is 18.5 Å². The molecule has 2 aromatic rings. The second-order valence-electron chi connectivity index (χ2n) is 6.44. The minimum Gasteiger partial charge on any atom is -0.490 e. The molecule has 1 unspecified atom stereocenters. The molecule has 0 radical (unpaired) electrons. The molecule has 0 saturated carbocycles. The van der Waals surface area contributed by atoms with Crippen molar-refractivity contribution in [2.45, 2.75) is 33.3 Å². The van der Waals surface area contributed by atoms with Crippen molar-refractivity contribution in [3.05, 3.63) is 64.1 Å². The SMILES string of the molecule is CCOc1cc(/C=C2\N=C(c3ccc(F)cc3)OC2=O)cc(Cl)c1OC(C)CC. The molecule has 1 aliphatic rings. The Hall–Kier alpha value is -2.86. The number of cyclic esters (lactones) is 1. The molecule has 7 heteroatoms. The smallest absolute Gasteiger partial charge is 0.363 e. The maximum absolute atomic E-state index is 13.1.